The Kier molecular flexibility index (Phi) is 4.10. The van der Waals surface area contributed by atoms with E-state index in [4.69, 9.17) is 4.52 Å². The number of aromatic hydroxyl groups is 1. The molecule has 1 heterocycles. The predicted molar refractivity (Wildman–Crippen MR) is 86.0 cm³/mol. The standard InChI is InChI=1S/C18H16N2O3/c1-12-10-17(23-20-12)11-19-18(22)15-4-2-13(3-5-15)14-6-8-16(21)9-7-14/h2-10,21H,11H2,1H3,(H,19,22). The number of amides is 1. The molecule has 0 spiro atoms. The van der Waals surface area contributed by atoms with Crippen molar-refractivity contribution >= 4 is 5.91 Å². The Hall–Kier alpha value is -3.08. The number of nitrogens with one attached hydrogen (secondary N) is 1. The summed E-state index contributed by atoms with van der Waals surface area (Å²) >= 11 is 0. The van der Waals surface area contributed by atoms with E-state index in [0.717, 1.165) is 16.8 Å². The van der Waals surface area contributed by atoms with Crippen LogP contribution in [0.15, 0.2) is 59.1 Å². The van der Waals surface area contributed by atoms with Gasteiger partial charge in [0, 0.05) is 11.6 Å². The zero-order valence-corrected chi connectivity index (χ0v) is 12.6. The largest absolute Gasteiger partial charge is 0.508 e. The van der Waals surface area contributed by atoms with Crippen molar-refractivity contribution in [3.63, 3.8) is 0 Å². The molecule has 0 atom stereocenters. The molecule has 0 saturated carbocycles. The van der Waals surface area contributed by atoms with Gasteiger partial charge in [0.1, 0.15) is 5.75 Å². The molecule has 5 nitrogen and oxygen atoms in total. The third-order valence-electron chi connectivity index (χ3n) is 3.45. The van der Waals surface area contributed by atoms with Crippen molar-refractivity contribution < 1.29 is 14.4 Å². The van der Waals surface area contributed by atoms with Crippen molar-refractivity contribution in [1.82, 2.24) is 10.5 Å². The number of benzene rings is 2. The van der Waals surface area contributed by atoms with Crippen molar-refractivity contribution in [2.45, 2.75) is 13.5 Å². The molecule has 3 rings (SSSR count). The van der Waals surface area contributed by atoms with Crippen LogP contribution in [0.1, 0.15) is 21.8 Å². The second-order valence-electron chi connectivity index (χ2n) is 5.24. The second kappa shape index (κ2) is 6.36. The molecule has 0 bridgehead atoms. The van der Waals surface area contributed by atoms with Gasteiger partial charge in [-0.3, -0.25) is 4.79 Å². The maximum absolute atomic E-state index is 12.1. The van der Waals surface area contributed by atoms with Gasteiger partial charge in [0.15, 0.2) is 5.76 Å². The Labute approximate surface area is 133 Å². The highest BCUT2D eigenvalue weighted by atomic mass is 16.5. The van der Waals surface area contributed by atoms with Crippen LogP contribution in [0.5, 0.6) is 5.75 Å². The lowest BCUT2D eigenvalue weighted by molar-refractivity contribution is 0.0947. The molecule has 0 unspecified atom stereocenters. The third-order valence-corrected chi connectivity index (χ3v) is 3.45. The highest BCUT2D eigenvalue weighted by Gasteiger charge is 2.08. The summed E-state index contributed by atoms with van der Waals surface area (Å²) in [5.41, 5.74) is 3.32. The molecule has 2 aromatic carbocycles. The predicted octanol–water partition coefficient (Wildman–Crippen LogP) is 3.29. The van der Waals surface area contributed by atoms with Crippen LogP contribution >= 0.6 is 0 Å². The number of aromatic nitrogens is 1. The van der Waals surface area contributed by atoms with Gasteiger partial charge in [-0.2, -0.15) is 0 Å². The van der Waals surface area contributed by atoms with E-state index < -0.39 is 0 Å². The first-order valence-corrected chi connectivity index (χ1v) is 7.22. The van der Waals surface area contributed by atoms with E-state index in [-0.39, 0.29) is 11.7 Å². The number of carbonyl (C=O) groups is 1. The molecule has 1 aromatic heterocycles. The summed E-state index contributed by atoms with van der Waals surface area (Å²) in [6.45, 7) is 2.14. The van der Waals surface area contributed by atoms with Crippen LogP contribution in [0.3, 0.4) is 0 Å². The lowest BCUT2D eigenvalue weighted by Crippen LogP contribution is -2.22. The Bertz CT molecular complexity index is 805. The normalized spacial score (nSPS) is 10.5. The van der Waals surface area contributed by atoms with Crippen molar-refractivity contribution in [2.24, 2.45) is 0 Å². The van der Waals surface area contributed by atoms with Crippen LogP contribution in [-0.4, -0.2) is 16.2 Å². The number of phenolic OH excluding ortho intramolecular Hbond substituents is 1. The molecule has 116 valence electrons. The van der Waals surface area contributed by atoms with Crippen molar-refractivity contribution in [2.75, 3.05) is 0 Å². The Morgan fingerprint density at radius 1 is 1.09 bits per heavy atom. The molecule has 2 N–H and O–H groups in total. The first-order chi connectivity index (χ1) is 11.1. The minimum Gasteiger partial charge on any atom is -0.508 e. The molecular formula is C18H16N2O3. The van der Waals surface area contributed by atoms with Gasteiger partial charge < -0.3 is 14.9 Å². The van der Waals surface area contributed by atoms with Gasteiger partial charge in [-0.1, -0.05) is 29.4 Å². The lowest BCUT2D eigenvalue weighted by atomic mass is 10.0. The van der Waals surface area contributed by atoms with E-state index in [1.165, 1.54) is 0 Å². The van der Waals surface area contributed by atoms with E-state index in [1.54, 1.807) is 30.3 Å². The maximum atomic E-state index is 12.1. The van der Waals surface area contributed by atoms with Crippen molar-refractivity contribution in [1.29, 1.82) is 0 Å². The third kappa shape index (κ3) is 3.58. The molecule has 3 aromatic rings. The Morgan fingerprint density at radius 2 is 1.70 bits per heavy atom. The number of hydrogen-bond donors (Lipinski definition) is 2. The van der Waals surface area contributed by atoms with Crippen LogP contribution in [0.4, 0.5) is 0 Å². The summed E-state index contributed by atoms with van der Waals surface area (Å²) < 4.78 is 5.05. The van der Waals surface area contributed by atoms with E-state index in [2.05, 4.69) is 10.5 Å². The number of rotatable bonds is 4. The van der Waals surface area contributed by atoms with Crippen LogP contribution in [0, 0.1) is 6.92 Å². The molecule has 0 aliphatic carbocycles. The maximum Gasteiger partial charge on any atom is 0.251 e. The van der Waals surface area contributed by atoms with E-state index in [0.29, 0.717) is 17.9 Å². The molecule has 0 fully saturated rings. The van der Waals surface area contributed by atoms with Gasteiger partial charge in [-0.25, -0.2) is 0 Å². The fourth-order valence-electron chi connectivity index (χ4n) is 2.24. The zero-order chi connectivity index (χ0) is 16.2. The number of phenols is 1. The van der Waals surface area contributed by atoms with E-state index in [1.807, 2.05) is 31.2 Å². The average Bonchev–Trinajstić information content (AvgIpc) is 2.99. The number of nitrogens with zero attached hydrogens (tertiary/aromatic N) is 1. The first-order valence-electron chi connectivity index (χ1n) is 7.22. The molecule has 0 radical (unpaired) electrons. The highest BCUT2D eigenvalue weighted by Crippen LogP contribution is 2.22. The summed E-state index contributed by atoms with van der Waals surface area (Å²) in [6.07, 6.45) is 0. The summed E-state index contributed by atoms with van der Waals surface area (Å²) in [6, 6.07) is 16.0. The second-order valence-corrected chi connectivity index (χ2v) is 5.24. The van der Waals surface area contributed by atoms with E-state index in [9.17, 15) is 9.90 Å². The Morgan fingerprint density at radius 3 is 2.26 bits per heavy atom. The smallest absolute Gasteiger partial charge is 0.251 e. The molecule has 1 amide bonds. The van der Waals surface area contributed by atoms with Gasteiger partial charge in [-0.05, 0) is 42.3 Å². The number of aryl methyl sites for hydroxylation is 1. The zero-order valence-electron chi connectivity index (χ0n) is 12.6. The van der Waals surface area contributed by atoms with Crippen molar-refractivity contribution in [3.8, 4) is 16.9 Å². The quantitative estimate of drug-likeness (QED) is 0.775. The number of carbonyl (C=O) groups excluding carboxylic acids is 1. The van der Waals surface area contributed by atoms with Gasteiger partial charge in [-0.15, -0.1) is 0 Å². The average molecular weight is 308 g/mol. The highest BCUT2D eigenvalue weighted by molar-refractivity contribution is 5.94. The molecule has 0 saturated heterocycles. The van der Waals surface area contributed by atoms with E-state index >= 15 is 0 Å². The monoisotopic (exact) mass is 308 g/mol. The first kappa shape index (κ1) is 14.8. The number of hydrogen-bond acceptors (Lipinski definition) is 4. The van der Waals surface area contributed by atoms with Crippen LogP contribution < -0.4 is 5.32 Å². The van der Waals surface area contributed by atoms with Crippen molar-refractivity contribution in [3.05, 3.63) is 71.6 Å². The summed E-state index contributed by atoms with van der Waals surface area (Å²) in [5, 5.41) is 15.9. The SMILES string of the molecule is Cc1cc(CNC(=O)c2ccc(-c3ccc(O)cc3)cc2)on1. The van der Waals surface area contributed by atoms with Crippen LogP contribution in [0.25, 0.3) is 11.1 Å². The molecular weight excluding hydrogens is 292 g/mol. The van der Waals surface area contributed by atoms with Gasteiger partial charge in [0.25, 0.3) is 5.91 Å². The minimum absolute atomic E-state index is 0.170. The molecule has 0 aliphatic heterocycles. The van der Waals surface area contributed by atoms with Crippen LogP contribution in [-0.2, 0) is 6.54 Å². The molecule has 23 heavy (non-hydrogen) atoms. The molecule has 0 aliphatic rings. The topological polar surface area (TPSA) is 75.4 Å². The lowest BCUT2D eigenvalue weighted by Gasteiger charge is -2.05. The fourth-order valence-corrected chi connectivity index (χ4v) is 2.24. The van der Waals surface area contributed by atoms with Gasteiger partial charge >= 0.3 is 0 Å². The fraction of sp³-hybridized carbons (Fsp3) is 0.111. The van der Waals surface area contributed by atoms with Gasteiger partial charge in [0.05, 0.1) is 12.2 Å². The van der Waals surface area contributed by atoms with Gasteiger partial charge in [0.2, 0.25) is 0 Å². The molecule has 5 heteroatoms. The summed E-state index contributed by atoms with van der Waals surface area (Å²) in [7, 11) is 0. The summed E-state index contributed by atoms with van der Waals surface area (Å²) in [5.74, 6) is 0.681. The minimum atomic E-state index is -0.170. The Balaban J connectivity index is 1.66. The summed E-state index contributed by atoms with van der Waals surface area (Å²) in [4.78, 5) is 12.1. The van der Waals surface area contributed by atoms with Crippen LogP contribution in [0.2, 0.25) is 0 Å².